The summed E-state index contributed by atoms with van der Waals surface area (Å²) in [6, 6.07) is 15.8. The van der Waals surface area contributed by atoms with Gasteiger partial charge in [-0.15, -0.1) is 0 Å². The Morgan fingerprint density at radius 2 is 1.91 bits per heavy atom. The number of amides is 3. The lowest BCUT2D eigenvalue weighted by Crippen LogP contribution is -2.53. The summed E-state index contributed by atoms with van der Waals surface area (Å²) in [6.45, 7) is 7.46. The van der Waals surface area contributed by atoms with Crippen LogP contribution < -0.4 is 4.74 Å². The number of methoxy groups -OCH3 is 1. The van der Waals surface area contributed by atoms with E-state index in [2.05, 4.69) is 30.8 Å². The van der Waals surface area contributed by atoms with E-state index in [-0.39, 0.29) is 18.0 Å². The van der Waals surface area contributed by atoms with Gasteiger partial charge >= 0.3 is 6.03 Å². The van der Waals surface area contributed by atoms with Crippen molar-refractivity contribution in [3.8, 4) is 5.75 Å². The normalized spacial score (nSPS) is 21.9. The lowest BCUT2D eigenvalue weighted by molar-refractivity contribution is -0.133. The number of H-pyrrole nitrogens is 1. The zero-order chi connectivity index (χ0) is 24.9. The molecule has 184 valence electrons. The molecule has 0 spiro atoms. The summed E-state index contributed by atoms with van der Waals surface area (Å²) >= 11 is 0. The van der Waals surface area contributed by atoms with Gasteiger partial charge in [0.15, 0.2) is 0 Å². The van der Waals surface area contributed by atoms with E-state index < -0.39 is 5.54 Å². The Morgan fingerprint density at radius 1 is 1.17 bits per heavy atom. The second-order valence-electron chi connectivity index (χ2n) is 10.2. The molecule has 0 radical (unpaired) electrons. The molecule has 1 N–H and O–H groups in total. The first-order chi connectivity index (χ1) is 16.8. The summed E-state index contributed by atoms with van der Waals surface area (Å²) in [5, 5.41) is 1.04. The van der Waals surface area contributed by atoms with Crippen LogP contribution in [0.25, 0.3) is 10.9 Å². The molecule has 3 aromatic rings. The fraction of sp³-hybridized carbons (Fsp3) is 0.429. The Morgan fingerprint density at radius 3 is 2.60 bits per heavy atom. The van der Waals surface area contributed by atoms with Crippen LogP contribution in [0.4, 0.5) is 4.79 Å². The molecule has 1 aromatic heterocycles. The fourth-order valence-electron chi connectivity index (χ4n) is 5.53. The Balaban J connectivity index is 1.58. The molecule has 5 rings (SSSR count). The first-order valence-corrected chi connectivity index (χ1v) is 12.3. The first kappa shape index (κ1) is 23.4. The van der Waals surface area contributed by atoms with Crippen LogP contribution in [0.15, 0.2) is 48.5 Å². The molecule has 1 saturated heterocycles. The van der Waals surface area contributed by atoms with Gasteiger partial charge in [-0.2, -0.15) is 0 Å². The minimum Gasteiger partial charge on any atom is -0.497 e. The van der Waals surface area contributed by atoms with Crippen LogP contribution in [0, 0.1) is 0 Å². The van der Waals surface area contributed by atoms with Crippen LogP contribution >= 0.6 is 0 Å². The third kappa shape index (κ3) is 3.69. The molecular weight excluding hydrogens is 440 g/mol. The predicted octanol–water partition coefficient (Wildman–Crippen LogP) is 4.58. The van der Waals surface area contributed by atoms with Gasteiger partial charge in [0.25, 0.3) is 5.91 Å². The van der Waals surface area contributed by atoms with Crippen LogP contribution in [-0.4, -0.2) is 70.4 Å². The van der Waals surface area contributed by atoms with Crippen LogP contribution in [0.3, 0.4) is 0 Å². The van der Waals surface area contributed by atoms with E-state index in [9.17, 15) is 9.59 Å². The average molecular weight is 475 g/mol. The van der Waals surface area contributed by atoms with Crippen molar-refractivity contribution in [2.24, 2.45) is 0 Å². The second kappa shape index (κ2) is 8.72. The number of rotatable bonds is 7. The SMILES string of the molecule is COc1ccc2[nH]c3c(c2c1)C[C@@]1(C)C(=O)N(CCCN(C)C(C)C)C(=O)N1[C@@H]3c1ccccc1. The largest absolute Gasteiger partial charge is 0.497 e. The fourth-order valence-corrected chi connectivity index (χ4v) is 5.53. The maximum Gasteiger partial charge on any atom is 0.328 e. The van der Waals surface area contributed by atoms with Gasteiger partial charge in [-0.25, -0.2) is 4.79 Å². The molecular formula is C28H34N4O3. The Bertz CT molecular complexity index is 1270. The molecule has 2 aliphatic rings. The van der Waals surface area contributed by atoms with Gasteiger partial charge in [0, 0.05) is 35.6 Å². The van der Waals surface area contributed by atoms with E-state index in [0.29, 0.717) is 19.0 Å². The topological polar surface area (TPSA) is 68.9 Å². The van der Waals surface area contributed by atoms with E-state index >= 15 is 0 Å². The smallest absolute Gasteiger partial charge is 0.328 e. The van der Waals surface area contributed by atoms with Gasteiger partial charge in [0.05, 0.1) is 7.11 Å². The van der Waals surface area contributed by atoms with E-state index in [1.807, 2.05) is 60.4 Å². The summed E-state index contributed by atoms with van der Waals surface area (Å²) in [4.78, 5) is 36.8. The number of urea groups is 1. The number of hydrogen-bond donors (Lipinski definition) is 1. The van der Waals surface area contributed by atoms with Crippen molar-refractivity contribution in [1.29, 1.82) is 0 Å². The molecule has 0 aliphatic carbocycles. The van der Waals surface area contributed by atoms with Crippen molar-refractivity contribution >= 4 is 22.8 Å². The lowest BCUT2D eigenvalue weighted by Gasteiger charge is -2.42. The van der Waals surface area contributed by atoms with Crippen molar-refractivity contribution in [3.63, 3.8) is 0 Å². The number of fused-ring (bicyclic) bond motifs is 4. The van der Waals surface area contributed by atoms with Crippen molar-refractivity contribution in [2.75, 3.05) is 27.2 Å². The van der Waals surface area contributed by atoms with E-state index in [0.717, 1.165) is 46.4 Å². The number of nitrogens with zero attached hydrogens (tertiary/aromatic N) is 3. The van der Waals surface area contributed by atoms with Crippen LogP contribution in [0.2, 0.25) is 0 Å². The maximum absolute atomic E-state index is 13.9. The van der Waals surface area contributed by atoms with Gasteiger partial charge in [0.2, 0.25) is 0 Å². The van der Waals surface area contributed by atoms with E-state index in [1.165, 1.54) is 4.90 Å². The number of carbonyl (C=O) groups is 2. The zero-order valence-corrected chi connectivity index (χ0v) is 21.2. The first-order valence-electron chi connectivity index (χ1n) is 12.3. The molecule has 2 aliphatic heterocycles. The number of nitrogens with one attached hydrogen (secondary N) is 1. The standard InChI is InChI=1S/C28H34N4O3/c1-18(2)30(4)14-9-15-31-26(33)28(3)17-22-21-16-20(35-5)12-13-23(21)29-24(22)25(32(28)27(31)34)19-10-7-6-8-11-19/h6-8,10-13,16,18,25,29H,9,14-15,17H2,1-5H3/t25-,28+/m1/s1. The Hall–Kier alpha value is -3.32. The third-order valence-electron chi connectivity index (χ3n) is 7.76. The zero-order valence-electron chi connectivity index (χ0n) is 21.2. The van der Waals surface area contributed by atoms with Crippen LogP contribution in [0.5, 0.6) is 5.75 Å². The molecule has 0 bridgehead atoms. The molecule has 3 amide bonds. The summed E-state index contributed by atoms with van der Waals surface area (Å²) in [5.74, 6) is 0.659. The molecule has 0 saturated carbocycles. The van der Waals surface area contributed by atoms with E-state index in [4.69, 9.17) is 4.74 Å². The van der Waals surface area contributed by atoms with Gasteiger partial charge in [-0.05, 0) is 70.1 Å². The van der Waals surface area contributed by atoms with Gasteiger partial charge in [-0.3, -0.25) is 14.6 Å². The summed E-state index contributed by atoms with van der Waals surface area (Å²) in [5.41, 5.74) is 3.07. The maximum atomic E-state index is 13.9. The molecule has 7 nitrogen and oxygen atoms in total. The second-order valence-corrected chi connectivity index (χ2v) is 10.2. The molecule has 2 aromatic carbocycles. The molecule has 1 fully saturated rings. The minimum atomic E-state index is -0.952. The number of carbonyl (C=O) groups excluding carboxylic acids is 2. The minimum absolute atomic E-state index is 0.112. The molecule has 2 atom stereocenters. The molecule has 0 unspecified atom stereocenters. The summed E-state index contributed by atoms with van der Waals surface area (Å²) in [6.07, 6.45) is 1.21. The summed E-state index contributed by atoms with van der Waals surface area (Å²) < 4.78 is 5.48. The van der Waals surface area contributed by atoms with Crippen molar-refractivity contribution in [1.82, 2.24) is 19.7 Å². The number of imide groups is 1. The highest BCUT2D eigenvalue weighted by Gasteiger charge is 2.59. The predicted molar refractivity (Wildman–Crippen MR) is 137 cm³/mol. The van der Waals surface area contributed by atoms with Crippen molar-refractivity contribution in [3.05, 3.63) is 65.4 Å². The van der Waals surface area contributed by atoms with Crippen LogP contribution in [0.1, 0.15) is 50.1 Å². The van der Waals surface area contributed by atoms with Gasteiger partial charge in [-0.1, -0.05) is 30.3 Å². The lowest BCUT2D eigenvalue weighted by atomic mass is 9.81. The number of hydrogen-bond acceptors (Lipinski definition) is 4. The Labute approximate surface area is 206 Å². The molecule has 7 heteroatoms. The van der Waals surface area contributed by atoms with Crippen LogP contribution in [-0.2, 0) is 11.2 Å². The van der Waals surface area contributed by atoms with E-state index in [1.54, 1.807) is 7.11 Å². The number of aromatic nitrogens is 1. The number of aromatic amines is 1. The van der Waals surface area contributed by atoms with Crippen molar-refractivity contribution in [2.45, 2.75) is 51.2 Å². The van der Waals surface area contributed by atoms with Gasteiger partial charge in [0.1, 0.15) is 17.3 Å². The molecule has 3 heterocycles. The number of benzene rings is 2. The van der Waals surface area contributed by atoms with Gasteiger partial charge < -0.3 is 14.6 Å². The monoisotopic (exact) mass is 474 g/mol. The average Bonchev–Trinajstić information content (AvgIpc) is 3.30. The number of ether oxygens (including phenoxy) is 1. The highest BCUT2D eigenvalue weighted by atomic mass is 16.5. The Kier molecular flexibility index (Phi) is 5.83. The highest BCUT2D eigenvalue weighted by Crippen LogP contribution is 2.49. The molecule has 35 heavy (non-hydrogen) atoms. The quantitative estimate of drug-likeness (QED) is 0.509. The summed E-state index contributed by atoms with van der Waals surface area (Å²) in [7, 11) is 3.73. The third-order valence-corrected chi connectivity index (χ3v) is 7.76. The van der Waals surface area contributed by atoms with Crippen molar-refractivity contribution < 1.29 is 14.3 Å². The highest BCUT2D eigenvalue weighted by molar-refractivity contribution is 6.08.